The number of halogens is 1. The molecule has 1 aliphatic heterocycles. The van der Waals surface area contributed by atoms with Gasteiger partial charge in [-0.3, -0.25) is 4.79 Å². The summed E-state index contributed by atoms with van der Waals surface area (Å²) >= 11 is 3.35. The van der Waals surface area contributed by atoms with Crippen LogP contribution in [0.15, 0.2) is 28.7 Å². The van der Waals surface area contributed by atoms with E-state index in [1.54, 1.807) is 0 Å². The molecule has 1 saturated heterocycles. The highest BCUT2D eigenvalue weighted by atomic mass is 79.9. The van der Waals surface area contributed by atoms with Crippen molar-refractivity contribution in [3.63, 3.8) is 0 Å². The van der Waals surface area contributed by atoms with Gasteiger partial charge in [-0.15, -0.1) is 0 Å². The van der Waals surface area contributed by atoms with Crippen LogP contribution in [0.2, 0.25) is 0 Å². The Hall–Kier alpha value is -1.36. The molecule has 1 amide bonds. The average Bonchev–Trinajstić information content (AvgIpc) is 2.77. The number of likely N-dealkylation sites (tertiary alicyclic amines) is 1. The fourth-order valence-corrected chi connectivity index (χ4v) is 2.69. The molecular weight excluding hydrogens is 298 g/mol. The predicted molar refractivity (Wildman–Crippen MR) is 70.2 cm³/mol. The number of carboxylic acid groups (broad SMARTS) is 1. The van der Waals surface area contributed by atoms with Crippen molar-refractivity contribution < 1.29 is 14.7 Å². The summed E-state index contributed by atoms with van der Waals surface area (Å²) < 4.78 is 0.920. The van der Waals surface area contributed by atoms with Crippen LogP contribution in [0.25, 0.3) is 0 Å². The quantitative estimate of drug-likeness (QED) is 0.929. The van der Waals surface area contributed by atoms with E-state index in [9.17, 15) is 9.59 Å². The van der Waals surface area contributed by atoms with Gasteiger partial charge in [0.1, 0.15) is 6.04 Å². The SMILES string of the molecule is O=C(O)C1CCCN1C(=O)Cc1cccc(Br)c1. The van der Waals surface area contributed by atoms with Crippen molar-refractivity contribution in [2.45, 2.75) is 25.3 Å². The first-order chi connectivity index (χ1) is 8.58. The summed E-state index contributed by atoms with van der Waals surface area (Å²) in [6.45, 7) is 0.545. The minimum atomic E-state index is -0.907. The Balaban J connectivity index is 2.06. The molecule has 1 aromatic carbocycles. The number of carboxylic acids is 1. The molecule has 0 spiro atoms. The Morgan fingerprint density at radius 1 is 1.44 bits per heavy atom. The summed E-state index contributed by atoms with van der Waals surface area (Å²) in [5.41, 5.74) is 0.894. The predicted octanol–water partition coefficient (Wildman–Crippen LogP) is 2.07. The summed E-state index contributed by atoms with van der Waals surface area (Å²) in [5.74, 6) is -1.02. The highest BCUT2D eigenvalue weighted by Crippen LogP contribution is 2.19. The lowest BCUT2D eigenvalue weighted by Gasteiger charge is -2.21. The highest BCUT2D eigenvalue weighted by Gasteiger charge is 2.33. The van der Waals surface area contributed by atoms with Crippen LogP contribution in [0.4, 0.5) is 0 Å². The van der Waals surface area contributed by atoms with Gasteiger partial charge in [0.05, 0.1) is 6.42 Å². The number of aliphatic carboxylic acids is 1. The Bertz CT molecular complexity index is 475. The first-order valence-electron chi connectivity index (χ1n) is 5.84. The third kappa shape index (κ3) is 2.90. The molecule has 18 heavy (non-hydrogen) atoms. The number of rotatable bonds is 3. The second-order valence-electron chi connectivity index (χ2n) is 4.39. The third-order valence-electron chi connectivity index (χ3n) is 3.10. The minimum absolute atomic E-state index is 0.113. The van der Waals surface area contributed by atoms with Crippen molar-refractivity contribution >= 4 is 27.8 Å². The van der Waals surface area contributed by atoms with E-state index in [1.807, 2.05) is 24.3 Å². The minimum Gasteiger partial charge on any atom is -0.480 e. The normalized spacial score (nSPS) is 18.9. The van der Waals surface area contributed by atoms with Crippen LogP contribution in [0.5, 0.6) is 0 Å². The van der Waals surface area contributed by atoms with Gasteiger partial charge in [-0.2, -0.15) is 0 Å². The maximum absolute atomic E-state index is 12.1. The van der Waals surface area contributed by atoms with E-state index in [-0.39, 0.29) is 12.3 Å². The van der Waals surface area contributed by atoms with Crippen LogP contribution in [0, 0.1) is 0 Å². The average molecular weight is 312 g/mol. The van der Waals surface area contributed by atoms with Crippen molar-refractivity contribution in [2.24, 2.45) is 0 Å². The van der Waals surface area contributed by atoms with E-state index in [0.29, 0.717) is 13.0 Å². The molecule has 0 aromatic heterocycles. The molecule has 1 aliphatic rings. The lowest BCUT2D eigenvalue weighted by molar-refractivity contribution is -0.148. The van der Waals surface area contributed by atoms with Gasteiger partial charge >= 0.3 is 5.97 Å². The van der Waals surface area contributed by atoms with Crippen LogP contribution in [-0.4, -0.2) is 34.5 Å². The molecule has 0 saturated carbocycles. The summed E-state index contributed by atoms with van der Waals surface area (Å²) in [4.78, 5) is 24.6. The first kappa shape index (κ1) is 13.1. The fraction of sp³-hybridized carbons (Fsp3) is 0.385. The maximum Gasteiger partial charge on any atom is 0.326 e. The second-order valence-corrected chi connectivity index (χ2v) is 5.31. The number of nitrogens with zero attached hydrogens (tertiary/aromatic N) is 1. The smallest absolute Gasteiger partial charge is 0.326 e. The molecule has 1 N–H and O–H groups in total. The Morgan fingerprint density at radius 3 is 2.89 bits per heavy atom. The molecule has 1 atom stereocenters. The molecular formula is C13H14BrNO3. The monoisotopic (exact) mass is 311 g/mol. The third-order valence-corrected chi connectivity index (χ3v) is 3.60. The maximum atomic E-state index is 12.1. The van der Waals surface area contributed by atoms with Gasteiger partial charge in [-0.05, 0) is 30.5 Å². The Morgan fingerprint density at radius 2 is 2.22 bits per heavy atom. The Labute approximate surface area is 114 Å². The lowest BCUT2D eigenvalue weighted by Crippen LogP contribution is -2.41. The molecule has 0 bridgehead atoms. The van der Waals surface area contributed by atoms with E-state index < -0.39 is 12.0 Å². The molecule has 96 valence electrons. The molecule has 1 heterocycles. The zero-order valence-electron chi connectivity index (χ0n) is 9.80. The second kappa shape index (κ2) is 5.52. The molecule has 2 rings (SSSR count). The number of hydrogen-bond donors (Lipinski definition) is 1. The van der Waals surface area contributed by atoms with Gasteiger partial charge in [-0.1, -0.05) is 28.1 Å². The number of amides is 1. The number of benzene rings is 1. The zero-order chi connectivity index (χ0) is 13.1. The van der Waals surface area contributed by atoms with Crippen LogP contribution >= 0.6 is 15.9 Å². The Kier molecular flexibility index (Phi) is 4.01. The van der Waals surface area contributed by atoms with Gasteiger partial charge in [0.25, 0.3) is 0 Å². The fourth-order valence-electron chi connectivity index (χ4n) is 2.25. The molecule has 4 nitrogen and oxygen atoms in total. The van der Waals surface area contributed by atoms with Gasteiger partial charge in [0, 0.05) is 11.0 Å². The number of carbonyl (C=O) groups is 2. The summed E-state index contributed by atoms with van der Waals surface area (Å²) in [6, 6.07) is 6.86. The van der Waals surface area contributed by atoms with Gasteiger partial charge in [-0.25, -0.2) is 4.79 Å². The highest BCUT2D eigenvalue weighted by molar-refractivity contribution is 9.10. The number of carbonyl (C=O) groups excluding carboxylic acids is 1. The van der Waals surface area contributed by atoms with Gasteiger partial charge in [0.2, 0.25) is 5.91 Å². The first-order valence-corrected chi connectivity index (χ1v) is 6.64. The molecule has 1 unspecified atom stereocenters. The largest absolute Gasteiger partial charge is 0.480 e. The van der Waals surface area contributed by atoms with E-state index in [0.717, 1.165) is 16.5 Å². The standard InChI is InChI=1S/C13H14BrNO3/c14-10-4-1-3-9(7-10)8-12(16)15-6-2-5-11(15)13(17)18/h1,3-4,7,11H,2,5-6,8H2,(H,17,18). The van der Waals surface area contributed by atoms with Crippen LogP contribution in [0.3, 0.4) is 0 Å². The van der Waals surface area contributed by atoms with Gasteiger partial charge < -0.3 is 10.0 Å². The zero-order valence-corrected chi connectivity index (χ0v) is 11.4. The van der Waals surface area contributed by atoms with E-state index in [2.05, 4.69) is 15.9 Å². The van der Waals surface area contributed by atoms with Crippen molar-refractivity contribution in [1.29, 1.82) is 0 Å². The summed E-state index contributed by atoms with van der Waals surface area (Å²) in [7, 11) is 0. The topological polar surface area (TPSA) is 57.6 Å². The molecule has 5 heteroatoms. The van der Waals surface area contributed by atoms with E-state index in [1.165, 1.54) is 4.90 Å². The van der Waals surface area contributed by atoms with E-state index >= 15 is 0 Å². The van der Waals surface area contributed by atoms with Crippen molar-refractivity contribution in [2.75, 3.05) is 6.54 Å². The van der Waals surface area contributed by atoms with E-state index in [4.69, 9.17) is 5.11 Å². The van der Waals surface area contributed by atoms with Crippen LogP contribution < -0.4 is 0 Å². The summed E-state index contributed by atoms with van der Waals surface area (Å²) in [6.07, 6.45) is 1.57. The molecule has 0 radical (unpaired) electrons. The molecule has 0 aliphatic carbocycles. The van der Waals surface area contributed by atoms with Crippen LogP contribution in [-0.2, 0) is 16.0 Å². The molecule has 1 aromatic rings. The van der Waals surface area contributed by atoms with Crippen LogP contribution in [0.1, 0.15) is 18.4 Å². The van der Waals surface area contributed by atoms with Crippen molar-refractivity contribution in [3.05, 3.63) is 34.3 Å². The lowest BCUT2D eigenvalue weighted by atomic mass is 10.1. The number of hydrogen-bond acceptors (Lipinski definition) is 2. The molecule has 1 fully saturated rings. The van der Waals surface area contributed by atoms with Crippen molar-refractivity contribution in [3.8, 4) is 0 Å². The van der Waals surface area contributed by atoms with Gasteiger partial charge in [0.15, 0.2) is 0 Å². The van der Waals surface area contributed by atoms with Crippen molar-refractivity contribution in [1.82, 2.24) is 4.90 Å². The summed E-state index contributed by atoms with van der Waals surface area (Å²) in [5, 5.41) is 9.04.